The third-order valence-corrected chi connectivity index (χ3v) is 4.45. The van der Waals surface area contributed by atoms with E-state index in [4.69, 9.17) is 9.47 Å². The topological polar surface area (TPSA) is 30.5 Å². The molecule has 1 aliphatic rings. The van der Waals surface area contributed by atoms with Gasteiger partial charge < -0.3 is 14.8 Å². The maximum atomic E-state index is 5.66. The first-order valence-corrected chi connectivity index (χ1v) is 8.47. The van der Waals surface area contributed by atoms with E-state index < -0.39 is 0 Å². The number of methoxy groups -OCH3 is 1. The second-order valence-electron chi connectivity index (χ2n) is 6.63. The second kappa shape index (κ2) is 10.6. The van der Waals surface area contributed by atoms with Gasteiger partial charge in [0.2, 0.25) is 0 Å². The minimum Gasteiger partial charge on any atom is -0.382 e. The Morgan fingerprint density at radius 3 is 2.35 bits per heavy atom. The summed E-state index contributed by atoms with van der Waals surface area (Å²) in [5, 5.41) is 3.76. The normalized spacial score (nSPS) is 28.5. The zero-order valence-electron chi connectivity index (χ0n) is 14.0. The van der Waals surface area contributed by atoms with Gasteiger partial charge in [0.15, 0.2) is 0 Å². The van der Waals surface area contributed by atoms with Crippen LogP contribution in [-0.4, -0.2) is 39.5 Å². The van der Waals surface area contributed by atoms with E-state index >= 15 is 0 Å². The van der Waals surface area contributed by atoms with Crippen LogP contribution >= 0.6 is 0 Å². The van der Waals surface area contributed by atoms with E-state index in [1.807, 2.05) is 0 Å². The van der Waals surface area contributed by atoms with E-state index in [2.05, 4.69) is 26.1 Å². The molecule has 0 radical (unpaired) electrons. The molecule has 1 rings (SSSR count). The quantitative estimate of drug-likeness (QED) is 0.623. The number of nitrogens with one attached hydrogen (secondary N) is 1. The first kappa shape index (κ1) is 17.9. The van der Waals surface area contributed by atoms with E-state index in [0.717, 1.165) is 37.3 Å². The van der Waals surface area contributed by atoms with Crippen LogP contribution in [0.3, 0.4) is 0 Å². The van der Waals surface area contributed by atoms with Gasteiger partial charge in [-0.15, -0.1) is 0 Å². The number of hydrogen-bond donors (Lipinski definition) is 1. The minimum absolute atomic E-state index is 0.627. The summed E-state index contributed by atoms with van der Waals surface area (Å²) in [6.07, 6.45) is 6.50. The fraction of sp³-hybridized carbons (Fsp3) is 1.00. The molecular weight excluding hydrogens is 250 g/mol. The van der Waals surface area contributed by atoms with E-state index in [-0.39, 0.29) is 0 Å². The van der Waals surface area contributed by atoms with Crippen molar-refractivity contribution in [3.63, 3.8) is 0 Å². The number of hydrogen-bond acceptors (Lipinski definition) is 3. The highest BCUT2D eigenvalue weighted by molar-refractivity contribution is 4.83. The molecule has 120 valence electrons. The summed E-state index contributed by atoms with van der Waals surface area (Å²) in [6, 6.07) is 0.627. The number of rotatable bonds is 10. The molecule has 0 heterocycles. The zero-order chi connectivity index (χ0) is 14.8. The Bertz CT molecular complexity index is 225. The van der Waals surface area contributed by atoms with Gasteiger partial charge in [-0.2, -0.15) is 0 Å². The molecule has 1 N–H and O–H groups in total. The fourth-order valence-electron chi connectivity index (χ4n) is 3.63. The van der Waals surface area contributed by atoms with Crippen molar-refractivity contribution in [2.45, 2.75) is 58.9 Å². The van der Waals surface area contributed by atoms with E-state index in [9.17, 15) is 0 Å². The van der Waals surface area contributed by atoms with Crippen molar-refractivity contribution in [1.29, 1.82) is 0 Å². The van der Waals surface area contributed by atoms with Gasteiger partial charge in [0.1, 0.15) is 0 Å². The Balaban J connectivity index is 2.37. The standard InChI is InChI=1S/C17H35NO2/c1-5-7-18-17(6-8-20-10-9-19-4)16-12-14(2)11-15(3)13-16/h14-18H,5-13H2,1-4H3. The molecule has 3 nitrogen and oxygen atoms in total. The molecule has 0 spiro atoms. The van der Waals surface area contributed by atoms with Crippen molar-refractivity contribution in [3.05, 3.63) is 0 Å². The van der Waals surface area contributed by atoms with Crippen molar-refractivity contribution >= 4 is 0 Å². The molecule has 0 aromatic heterocycles. The van der Waals surface area contributed by atoms with Crippen LogP contribution in [0, 0.1) is 17.8 Å². The van der Waals surface area contributed by atoms with Crippen LogP contribution < -0.4 is 5.32 Å². The molecular formula is C17H35NO2. The molecule has 0 saturated heterocycles. The summed E-state index contributed by atoms with van der Waals surface area (Å²) in [4.78, 5) is 0. The van der Waals surface area contributed by atoms with Crippen LogP contribution in [-0.2, 0) is 9.47 Å². The summed E-state index contributed by atoms with van der Waals surface area (Å²) in [5.74, 6) is 2.58. The first-order valence-electron chi connectivity index (χ1n) is 8.47. The van der Waals surface area contributed by atoms with Crippen LogP contribution in [0.1, 0.15) is 52.9 Å². The second-order valence-corrected chi connectivity index (χ2v) is 6.63. The fourth-order valence-corrected chi connectivity index (χ4v) is 3.63. The summed E-state index contributed by atoms with van der Waals surface area (Å²) >= 11 is 0. The Morgan fingerprint density at radius 1 is 1.05 bits per heavy atom. The maximum absolute atomic E-state index is 5.66. The lowest BCUT2D eigenvalue weighted by Crippen LogP contribution is -2.41. The maximum Gasteiger partial charge on any atom is 0.0700 e. The van der Waals surface area contributed by atoms with Crippen LogP contribution in [0.4, 0.5) is 0 Å². The highest BCUT2D eigenvalue weighted by Gasteiger charge is 2.29. The lowest BCUT2D eigenvalue weighted by Gasteiger charge is -2.37. The molecule has 0 aliphatic heterocycles. The predicted octanol–water partition coefficient (Wildman–Crippen LogP) is 3.48. The smallest absolute Gasteiger partial charge is 0.0700 e. The monoisotopic (exact) mass is 285 g/mol. The molecule has 1 aliphatic carbocycles. The molecule has 0 aromatic rings. The van der Waals surface area contributed by atoms with Gasteiger partial charge in [-0.3, -0.25) is 0 Å². The van der Waals surface area contributed by atoms with Crippen molar-refractivity contribution in [3.8, 4) is 0 Å². The van der Waals surface area contributed by atoms with Gasteiger partial charge in [-0.1, -0.05) is 20.8 Å². The summed E-state index contributed by atoms with van der Waals surface area (Å²) < 4.78 is 10.7. The molecule has 3 unspecified atom stereocenters. The third-order valence-electron chi connectivity index (χ3n) is 4.45. The number of ether oxygens (including phenoxy) is 2. The van der Waals surface area contributed by atoms with Crippen LogP contribution in [0.5, 0.6) is 0 Å². The molecule has 20 heavy (non-hydrogen) atoms. The molecule has 1 fully saturated rings. The van der Waals surface area contributed by atoms with Crippen molar-refractivity contribution in [2.75, 3.05) is 33.5 Å². The Morgan fingerprint density at radius 2 is 1.75 bits per heavy atom. The highest BCUT2D eigenvalue weighted by Crippen LogP contribution is 2.35. The van der Waals surface area contributed by atoms with E-state index in [0.29, 0.717) is 19.3 Å². The van der Waals surface area contributed by atoms with Crippen LogP contribution in [0.2, 0.25) is 0 Å². The van der Waals surface area contributed by atoms with Gasteiger partial charge >= 0.3 is 0 Å². The van der Waals surface area contributed by atoms with E-state index in [1.54, 1.807) is 7.11 Å². The first-order chi connectivity index (χ1) is 9.67. The molecule has 0 bridgehead atoms. The lowest BCUT2D eigenvalue weighted by molar-refractivity contribution is 0.0585. The molecule has 3 heteroatoms. The van der Waals surface area contributed by atoms with Crippen molar-refractivity contribution < 1.29 is 9.47 Å². The summed E-state index contributed by atoms with van der Waals surface area (Å²) in [5.41, 5.74) is 0. The van der Waals surface area contributed by atoms with Crippen molar-refractivity contribution in [1.82, 2.24) is 5.32 Å². The summed E-state index contributed by atoms with van der Waals surface area (Å²) in [6.45, 7) is 10.5. The molecule has 0 aromatic carbocycles. The SMILES string of the molecule is CCCNC(CCOCCOC)C1CC(C)CC(C)C1. The van der Waals surface area contributed by atoms with E-state index in [1.165, 1.54) is 25.7 Å². The minimum atomic E-state index is 0.627. The van der Waals surface area contributed by atoms with Gasteiger partial charge in [-0.05, 0) is 56.4 Å². The predicted molar refractivity (Wildman–Crippen MR) is 85.1 cm³/mol. The molecule has 1 saturated carbocycles. The molecule has 3 atom stereocenters. The van der Waals surface area contributed by atoms with Crippen LogP contribution in [0.25, 0.3) is 0 Å². The largest absolute Gasteiger partial charge is 0.382 e. The Labute approximate surface area is 125 Å². The van der Waals surface area contributed by atoms with Crippen LogP contribution in [0.15, 0.2) is 0 Å². The van der Waals surface area contributed by atoms with Gasteiger partial charge in [-0.25, -0.2) is 0 Å². The average molecular weight is 285 g/mol. The van der Waals surface area contributed by atoms with Gasteiger partial charge in [0.25, 0.3) is 0 Å². The summed E-state index contributed by atoms with van der Waals surface area (Å²) in [7, 11) is 1.72. The van der Waals surface area contributed by atoms with Gasteiger partial charge in [0.05, 0.1) is 13.2 Å². The Hall–Kier alpha value is -0.120. The molecule has 0 amide bonds. The third kappa shape index (κ3) is 7.05. The lowest BCUT2D eigenvalue weighted by atomic mass is 9.73. The van der Waals surface area contributed by atoms with Gasteiger partial charge in [0, 0.05) is 19.8 Å². The average Bonchev–Trinajstić information content (AvgIpc) is 2.40. The zero-order valence-corrected chi connectivity index (χ0v) is 14.0. The van der Waals surface area contributed by atoms with Crippen molar-refractivity contribution in [2.24, 2.45) is 17.8 Å². The highest BCUT2D eigenvalue weighted by atomic mass is 16.5. The Kier molecular flexibility index (Phi) is 9.49.